The molecule has 0 radical (unpaired) electrons. The van der Waals surface area contributed by atoms with Crippen molar-refractivity contribution in [2.75, 3.05) is 31.3 Å². The Morgan fingerprint density at radius 2 is 1.53 bits per heavy atom. The number of anilines is 2. The monoisotopic (exact) mass is 734 g/mol. The zero-order valence-corrected chi connectivity index (χ0v) is 29.9. The second-order valence-corrected chi connectivity index (χ2v) is 14.1. The first-order valence-electron chi connectivity index (χ1n) is 18.0. The minimum Gasteiger partial charge on any atom is -0.508 e. The Morgan fingerprint density at radius 3 is 2.28 bits per heavy atom. The first-order chi connectivity index (χ1) is 25.4. The number of phenols is 1. The lowest BCUT2D eigenvalue weighted by atomic mass is 9.91. The van der Waals surface area contributed by atoms with E-state index in [4.69, 9.17) is 9.47 Å². The molecular weight excluding hydrogens is 695 g/mol. The number of fused-ring (bicyclic) bond motifs is 3. The van der Waals surface area contributed by atoms with Gasteiger partial charge < -0.3 is 24.0 Å². The van der Waals surface area contributed by atoms with Crippen molar-refractivity contribution < 1.29 is 28.6 Å². The maximum Gasteiger partial charge on any atom is 0.264 e. The number of hydrogen-bond donors (Lipinski definition) is 1. The minimum absolute atomic E-state index is 0. The molecule has 1 fully saturated rings. The predicted octanol–water partition coefficient (Wildman–Crippen LogP) is 7.55. The second-order valence-electron chi connectivity index (χ2n) is 14.1. The normalized spacial score (nSPS) is 17.7. The average Bonchev–Trinajstić information content (AvgIpc) is 3.79. The van der Waals surface area contributed by atoms with Gasteiger partial charge in [0.15, 0.2) is 11.5 Å². The van der Waals surface area contributed by atoms with E-state index in [1.54, 1.807) is 35.2 Å². The second kappa shape index (κ2) is 14.2. The molecule has 4 aliphatic rings. The van der Waals surface area contributed by atoms with E-state index in [0.29, 0.717) is 85.1 Å². The van der Waals surface area contributed by atoms with Gasteiger partial charge in [-0.25, -0.2) is 4.39 Å². The van der Waals surface area contributed by atoms with Gasteiger partial charge in [-0.2, -0.15) is 0 Å². The van der Waals surface area contributed by atoms with Gasteiger partial charge >= 0.3 is 0 Å². The van der Waals surface area contributed by atoms with E-state index < -0.39 is 6.17 Å². The Labute approximate surface area is 313 Å². The van der Waals surface area contributed by atoms with Crippen molar-refractivity contribution in [3.05, 3.63) is 125 Å². The fourth-order valence-corrected chi connectivity index (χ4v) is 8.20. The van der Waals surface area contributed by atoms with Crippen molar-refractivity contribution in [3.63, 3.8) is 0 Å². The number of amides is 2. The molecule has 0 bridgehead atoms. The van der Waals surface area contributed by atoms with Crippen molar-refractivity contribution >= 4 is 35.6 Å². The van der Waals surface area contributed by atoms with E-state index in [-0.39, 0.29) is 42.8 Å². The maximum atomic E-state index is 15.0. The fourth-order valence-electron chi connectivity index (χ4n) is 8.20. The highest BCUT2D eigenvalue weighted by atomic mass is 35.5. The highest BCUT2D eigenvalue weighted by Gasteiger charge is 2.38. The fraction of sp³-hybridized carbons (Fsp3) is 0.286. The molecule has 11 heteroatoms. The summed E-state index contributed by atoms with van der Waals surface area (Å²) in [4.78, 5) is 35.5. The summed E-state index contributed by atoms with van der Waals surface area (Å²) in [5.74, 6) is 0.836. The van der Waals surface area contributed by atoms with Gasteiger partial charge in [0, 0.05) is 67.1 Å². The molecule has 0 spiro atoms. The van der Waals surface area contributed by atoms with Gasteiger partial charge in [-0.05, 0) is 91.4 Å². The summed E-state index contributed by atoms with van der Waals surface area (Å²) in [7, 11) is 0. The number of halogens is 2. The lowest BCUT2D eigenvalue weighted by Gasteiger charge is -2.43. The van der Waals surface area contributed by atoms with E-state index in [1.807, 2.05) is 59.5 Å². The minimum atomic E-state index is -0.829. The molecule has 5 aromatic rings. The van der Waals surface area contributed by atoms with Crippen LogP contribution in [0.5, 0.6) is 17.2 Å². The van der Waals surface area contributed by atoms with Gasteiger partial charge in [-0.1, -0.05) is 42.5 Å². The van der Waals surface area contributed by atoms with Crippen LogP contribution < -0.4 is 14.4 Å². The number of hydrogen-bond acceptors (Lipinski definition) is 6. The molecule has 0 aliphatic carbocycles. The lowest BCUT2D eigenvalue weighted by Crippen LogP contribution is -2.56. The quantitative estimate of drug-likeness (QED) is 0.186. The van der Waals surface area contributed by atoms with E-state index >= 15 is 4.79 Å². The molecule has 5 heterocycles. The summed E-state index contributed by atoms with van der Waals surface area (Å²) in [5, 5.41) is 10.0. The van der Waals surface area contributed by atoms with Gasteiger partial charge in [-0.3, -0.25) is 19.4 Å². The van der Waals surface area contributed by atoms with Crippen LogP contribution in [0.4, 0.5) is 15.8 Å². The summed E-state index contributed by atoms with van der Waals surface area (Å²) in [6, 6.07) is 29.8. The van der Waals surface area contributed by atoms with Crippen LogP contribution in [-0.2, 0) is 25.9 Å². The molecule has 1 saturated heterocycles. The number of aromatic nitrogens is 1. The van der Waals surface area contributed by atoms with Crippen LogP contribution >= 0.6 is 12.4 Å². The lowest BCUT2D eigenvalue weighted by molar-refractivity contribution is 0.0273. The zero-order valence-electron chi connectivity index (χ0n) is 29.1. The van der Waals surface area contributed by atoms with Crippen molar-refractivity contribution in [3.8, 4) is 28.5 Å². The summed E-state index contributed by atoms with van der Waals surface area (Å²) < 4.78 is 27.8. The molecule has 1 N–H and O–H groups in total. The molecule has 2 amide bonds. The van der Waals surface area contributed by atoms with E-state index in [1.165, 1.54) is 5.56 Å². The first kappa shape index (κ1) is 34.7. The number of rotatable bonds is 7. The number of ether oxygens (including phenoxy) is 2. The van der Waals surface area contributed by atoms with Gasteiger partial charge in [0.05, 0.1) is 11.1 Å². The predicted molar refractivity (Wildman–Crippen MR) is 202 cm³/mol. The topological polar surface area (TPSA) is 87.5 Å². The van der Waals surface area contributed by atoms with Crippen molar-refractivity contribution in [2.24, 2.45) is 0 Å². The number of benzene rings is 4. The Morgan fingerprint density at radius 1 is 0.830 bits per heavy atom. The molecule has 272 valence electrons. The SMILES string of the molecule is Cl.O=C(c1cc(-c2cc3c(cc2C(=O)N2Cc4ccccc4C[C@H]2CN2CC(F)C2)OCO3)n2c1CCCC2)N(c1ccccc1)c1ccc(O)cc1. The van der Waals surface area contributed by atoms with Gasteiger partial charge in [0.2, 0.25) is 6.79 Å². The first-order valence-corrected chi connectivity index (χ1v) is 18.0. The molecule has 1 aromatic heterocycles. The van der Waals surface area contributed by atoms with Crippen molar-refractivity contribution in [1.82, 2.24) is 14.4 Å². The molecule has 0 unspecified atom stereocenters. The third-order valence-electron chi connectivity index (χ3n) is 10.8. The Balaban J connectivity index is 0.00000400. The number of aromatic hydroxyl groups is 1. The molecule has 4 aromatic carbocycles. The number of likely N-dealkylation sites (tertiary alicyclic amines) is 1. The van der Waals surface area contributed by atoms with E-state index in [2.05, 4.69) is 21.6 Å². The number of nitrogens with zero attached hydrogens (tertiary/aromatic N) is 4. The maximum absolute atomic E-state index is 15.0. The molecule has 0 saturated carbocycles. The molecular formula is C42H40ClFN4O5. The molecule has 9 nitrogen and oxygen atoms in total. The van der Waals surface area contributed by atoms with Gasteiger partial charge in [-0.15, -0.1) is 12.4 Å². The Bertz CT molecular complexity index is 2170. The van der Waals surface area contributed by atoms with Crippen LogP contribution in [0, 0.1) is 0 Å². The Kier molecular flexibility index (Phi) is 9.34. The molecule has 53 heavy (non-hydrogen) atoms. The zero-order chi connectivity index (χ0) is 35.3. The van der Waals surface area contributed by atoms with Gasteiger partial charge in [0.25, 0.3) is 11.8 Å². The molecule has 4 aliphatic heterocycles. The third kappa shape index (κ3) is 6.40. The Hall–Kier alpha value is -5.32. The van der Waals surface area contributed by atoms with E-state index in [9.17, 15) is 14.3 Å². The van der Waals surface area contributed by atoms with Crippen molar-refractivity contribution in [2.45, 2.75) is 51.0 Å². The smallest absolute Gasteiger partial charge is 0.264 e. The van der Waals surface area contributed by atoms with Crippen LogP contribution in [0.15, 0.2) is 97.1 Å². The number of carbonyl (C=O) groups is 2. The number of carbonyl (C=O) groups excluding carboxylic acids is 2. The van der Waals surface area contributed by atoms with Gasteiger partial charge in [0.1, 0.15) is 11.9 Å². The summed E-state index contributed by atoms with van der Waals surface area (Å²) >= 11 is 0. The van der Waals surface area contributed by atoms with E-state index in [0.717, 1.165) is 29.8 Å². The number of alkyl halides is 1. The van der Waals surface area contributed by atoms with Crippen LogP contribution in [0.3, 0.4) is 0 Å². The highest BCUT2D eigenvalue weighted by molar-refractivity contribution is 6.12. The summed E-state index contributed by atoms with van der Waals surface area (Å²) in [6.07, 6.45) is 2.44. The van der Waals surface area contributed by atoms with Crippen LogP contribution in [0.2, 0.25) is 0 Å². The van der Waals surface area contributed by atoms with Crippen LogP contribution in [0.25, 0.3) is 11.3 Å². The standard InChI is InChI=1S/C42H39FN4O5.ClH/c43-29-23-44(24-29)25-32-18-27-8-4-5-9-28(27)22-46(32)41(49)35-21-40-39(51-26-52-40)20-34(35)38-19-36(37-12-6-7-17-45(37)38)42(50)47(30-10-2-1-3-11-30)31-13-15-33(48)16-14-31;/h1-5,8-11,13-16,19-21,29,32,48H,6-7,12,17-18,22-26H2;1H/t32-;/m0./s1. The largest absolute Gasteiger partial charge is 0.508 e. The third-order valence-corrected chi connectivity index (χ3v) is 10.8. The highest BCUT2D eigenvalue weighted by Crippen LogP contribution is 2.43. The van der Waals surface area contributed by atoms with Crippen LogP contribution in [-0.4, -0.2) is 69.9 Å². The number of para-hydroxylation sites is 1. The summed E-state index contributed by atoms with van der Waals surface area (Å²) in [5.41, 5.74) is 7.05. The average molecular weight is 735 g/mol. The van der Waals surface area contributed by atoms with Crippen LogP contribution in [0.1, 0.15) is 50.4 Å². The summed E-state index contributed by atoms with van der Waals surface area (Å²) in [6.45, 7) is 2.55. The number of phenolic OH excluding ortho intramolecular Hbond substituents is 1. The molecule has 9 rings (SSSR count). The van der Waals surface area contributed by atoms with Crippen molar-refractivity contribution in [1.29, 1.82) is 0 Å². The molecule has 1 atom stereocenters.